The van der Waals surface area contributed by atoms with Crippen LogP contribution in [0.4, 0.5) is 13.9 Å². The average Bonchev–Trinajstić information content (AvgIpc) is 3.52. The van der Waals surface area contributed by atoms with Crippen LogP contribution in [0, 0.1) is 11.6 Å². The number of carbonyl (C=O) groups excluding carboxylic acids is 1. The maximum Gasteiger partial charge on any atom is 0.260 e. The number of carbonyl (C=O) groups is 1. The lowest BCUT2D eigenvalue weighted by molar-refractivity contribution is 0.0983. The number of halogens is 2. The Morgan fingerprint density at radius 2 is 1.75 bits per heavy atom. The summed E-state index contributed by atoms with van der Waals surface area (Å²) in [6, 6.07) is 10.9. The van der Waals surface area contributed by atoms with Gasteiger partial charge in [-0.15, -0.1) is 0 Å². The van der Waals surface area contributed by atoms with Gasteiger partial charge in [0.05, 0.1) is 22.4 Å². The maximum atomic E-state index is 14.3. The number of anilines is 1. The molecule has 4 aromatic rings. The van der Waals surface area contributed by atoms with E-state index in [1.54, 1.807) is 12.1 Å². The molecule has 0 aliphatic carbocycles. The zero-order chi connectivity index (χ0) is 25.9. The highest BCUT2D eigenvalue weighted by atomic mass is 32.2. The largest absolute Gasteiger partial charge is 0.467 e. The molecule has 0 unspecified atom stereocenters. The summed E-state index contributed by atoms with van der Waals surface area (Å²) in [5.74, 6) is -1.59. The number of sulfonamides is 1. The van der Waals surface area contributed by atoms with Gasteiger partial charge in [0, 0.05) is 24.7 Å². The lowest BCUT2D eigenvalue weighted by Gasteiger charge is -2.21. The summed E-state index contributed by atoms with van der Waals surface area (Å²) in [5.41, 5.74) is 0.172. The van der Waals surface area contributed by atoms with Crippen LogP contribution in [0.2, 0.25) is 0 Å². The van der Waals surface area contributed by atoms with Crippen molar-refractivity contribution in [2.75, 3.05) is 18.0 Å². The Morgan fingerprint density at radius 1 is 1.06 bits per heavy atom. The molecule has 7 nitrogen and oxygen atoms in total. The smallest absolute Gasteiger partial charge is 0.260 e. The monoisotopic (exact) mass is 533 g/mol. The van der Waals surface area contributed by atoms with Crippen molar-refractivity contribution in [2.45, 2.75) is 38.1 Å². The van der Waals surface area contributed by atoms with E-state index in [1.165, 1.54) is 39.7 Å². The number of hydrogen-bond acceptors (Lipinski definition) is 6. The van der Waals surface area contributed by atoms with Gasteiger partial charge in [0.25, 0.3) is 5.91 Å². The Morgan fingerprint density at radius 3 is 2.36 bits per heavy atom. The zero-order valence-electron chi connectivity index (χ0n) is 19.8. The molecule has 2 aromatic carbocycles. The van der Waals surface area contributed by atoms with Gasteiger partial charge in [-0.2, -0.15) is 4.31 Å². The Bertz CT molecular complexity index is 1450. The van der Waals surface area contributed by atoms with Crippen LogP contribution in [0.3, 0.4) is 0 Å². The van der Waals surface area contributed by atoms with Crippen LogP contribution in [0.1, 0.15) is 42.8 Å². The van der Waals surface area contributed by atoms with Crippen LogP contribution < -0.4 is 4.90 Å². The minimum Gasteiger partial charge on any atom is -0.467 e. The molecule has 0 bridgehead atoms. The number of aromatic nitrogens is 1. The minimum absolute atomic E-state index is 0.00339. The molecule has 0 fully saturated rings. The van der Waals surface area contributed by atoms with Crippen molar-refractivity contribution in [1.29, 1.82) is 0 Å². The van der Waals surface area contributed by atoms with Crippen molar-refractivity contribution < 1.29 is 26.4 Å². The average molecular weight is 534 g/mol. The molecule has 0 spiro atoms. The first-order chi connectivity index (χ1) is 17.2. The Labute approximate surface area is 212 Å². The van der Waals surface area contributed by atoms with Gasteiger partial charge in [0.1, 0.15) is 17.1 Å². The van der Waals surface area contributed by atoms with E-state index >= 15 is 0 Å². The van der Waals surface area contributed by atoms with Crippen LogP contribution in [0.25, 0.3) is 10.2 Å². The lowest BCUT2D eigenvalue weighted by Crippen LogP contribution is -2.33. The maximum absolute atomic E-state index is 14.3. The third kappa shape index (κ3) is 5.32. The molecule has 0 N–H and O–H groups in total. The normalized spacial score (nSPS) is 11.9. The fraction of sp³-hybridized carbons (Fsp3) is 0.280. The van der Waals surface area contributed by atoms with Crippen molar-refractivity contribution in [3.8, 4) is 0 Å². The van der Waals surface area contributed by atoms with Gasteiger partial charge in [-0.3, -0.25) is 9.69 Å². The molecule has 0 atom stereocenters. The summed E-state index contributed by atoms with van der Waals surface area (Å²) < 4.78 is 61.2. The van der Waals surface area contributed by atoms with Crippen LogP contribution in [-0.2, 0) is 16.6 Å². The SMILES string of the molecule is CCCN(CCC)S(=O)(=O)c1ccc(C(=O)N(Cc2ccco2)c2nc3c(F)cc(F)cc3s2)cc1. The number of thiazole rings is 1. The van der Waals surface area contributed by atoms with Crippen LogP contribution in [-0.4, -0.2) is 36.7 Å². The van der Waals surface area contributed by atoms with Crippen LogP contribution in [0.15, 0.2) is 64.1 Å². The van der Waals surface area contributed by atoms with E-state index in [1.807, 2.05) is 13.8 Å². The molecule has 0 saturated heterocycles. The molecule has 36 heavy (non-hydrogen) atoms. The van der Waals surface area contributed by atoms with Gasteiger partial charge in [-0.05, 0) is 55.3 Å². The Hall–Kier alpha value is -3.15. The lowest BCUT2D eigenvalue weighted by atomic mass is 10.2. The Balaban J connectivity index is 1.68. The van der Waals surface area contributed by atoms with Crippen LogP contribution in [0.5, 0.6) is 0 Å². The topological polar surface area (TPSA) is 83.7 Å². The number of benzene rings is 2. The summed E-state index contributed by atoms with van der Waals surface area (Å²) in [6.45, 7) is 4.63. The molecule has 0 aliphatic heterocycles. The summed E-state index contributed by atoms with van der Waals surface area (Å²) in [4.78, 5) is 19.2. The first-order valence-corrected chi connectivity index (χ1v) is 13.7. The highest BCUT2D eigenvalue weighted by Crippen LogP contribution is 2.33. The molecule has 0 saturated carbocycles. The van der Waals surface area contributed by atoms with E-state index < -0.39 is 27.6 Å². The second kappa shape index (κ2) is 10.9. The van der Waals surface area contributed by atoms with Gasteiger partial charge in [0.2, 0.25) is 10.0 Å². The summed E-state index contributed by atoms with van der Waals surface area (Å²) >= 11 is 0.971. The quantitative estimate of drug-likeness (QED) is 0.256. The van der Waals surface area contributed by atoms with E-state index in [0.717, 1.165) is 23.5 Å². The van der Waals surface area contributed by atoms with Crippen molar-refractivity contribution in [3.05, 3.63) is 77.8 Å². The molecule has 0 aliphatic rings. The van der Waals surface area contributed by atoms with Gasteiger partial charge in [0.15, 0.2) is 10.9 Å². The highest BCUT2D eigenvalue weighted by molar-refractivity contribution is 7.89. The van der Waals surface area contributed by atoms with Gasteiger partial charge in [-0.25, -0.2) is 22.2 Å². The Kier molecular flexibility index (Phi) is 7.82. The van der Waals surface area contributed by atoms with Crippen LogP contribution >= 0.6 is 11.3 Å². The second-order valence-corrected chi connectivity index (χ2v) is 11.1. The molecule has 2 heterocycles. The molecule has 190 valence electrons. The predicted molar refractivity (Wildman–Crippen MR) is 135 cm³/mol. The number of amides is 1. The fourth-order valence-corrected chi connectivity index (χ4v) is 6.40. The van der Waals surface area contributed by atoms with Gasteiger partial charge < -0.3 is 4.42 Å². The molecular formula is C25H25F2N3O4S2. The minimum atomic E-state index is -3.70. The third-order valence-corrected chi connectivity index (χ3v) is 8.40. The number of furan rings is 1. The van der Waals surface area contributed by atoms with E-state index in [0.29, 0.717) is 31.7 Å². The van der Waals surface area contributed by atoms with E-state index in [9.17, 15) is 22.0 Å². The first-order valence-electron chi connectivity index (χ1n) is 11.4. The summed E-state index contributed by atoms with van der Waals surface area (Å²) in [5, 5.41) is 0.157. The molecule has 0 radical (unpaired) electrons. The van der Waals surface area contributed by atoms with Crippen molar-refractivity contribution in [2.24, 2.45) is 0 Å². The number of rotatable bonds is 10. The van der Waals surface area contributed by atoms with E-state index in [-0.39, 0.29) is 32.4 Å². The summed E-state index contributed by atoms with van der Waals surface area (Å²) in [6.07, 6.45) is 2.83. The molecule has 1 amide bonds. The third-order valence-electron chi connectivity index (χ3n) is 5.46. The second-order valence-electron chi connectivity index (χ2n) is 8.13. The molecule has 4 rings (SSSR count). The van der Waals surface area contributed by atoms with Crippen molar-refractivity contribution in [3.63, 3.8) is 0 Å². The van der Waals surface area contributed by atoms with E-state index in [4.69, 9.17) is 4.42 Å². The van der Waals surface area contributed by atoms with Gasteiger partial charge >= 0.3 is 0 Å². The first kappa shape index (κ1) is 25.9. The molecular weight excluding hydrogens is 508 g/mol. The highest BCUT2D eigenvalue weighted by Gasteiger charge is 2.26. The van der Waals surface area contributed by atoms with Crippen molar-refractivity contribution >= 4 is 42.6 Å². The number of fused-ring (bicyclic) bond motifs is 1. The zero-order valence-corrected chi connectivity index (χ0v) is 21.4. The number of hydrogen-bond donors (Lipinski definition) is 0. The van der Waals surface area contributed by atoms with Gasteiger partial charge in [-0.1, -0.05) is 25.2 Å². The predicted octanol–water partition coefficient (Wildman–Crippen LogP) is 5.83. The fourth-order valence-electron chi connectivity index (χ4n) is 3.77. The standard InChI is InChI=1S/C25H25F2N3O4S2/c1-3-11-29(12-4-2)36(32,33)20-9-7-17(8-10-20)24(31)30(16-19-6-5-13-34-19)25-28-23-21(27)14-18(26)15-22(23)35-25/h5-10,13-15H,3-4,11-12,16H2,1-2H3. The van der Waals surface area contributed by atoms with E-state index in [2.05, 4.69) is 4.98 Å². The van der Waals surface area contributed by atoms with Crippen molar-refractivity contribution in [1.82, 2.24) is 9.29 Å². The number of nitrogens with zero attached hydrogens (tertiary/aromatic N) is 3. The molecule has 11 heteroatoms. The molecule has 2 aromatic heterocycles. The summed E-state index contributed by atoms with van der Waals surface area (Å²) in [7, 11) is -3.70.